The van der Waals surface area contributed by atoms with Gasteiger partial charge in [-0.2, -0.15) is 0 Å². The van der Waals surface area contributed by atoms with Gasteiger partial charge in [0.1, 0.15) is 6.10 Å². The molecule has 2 saturated heterocycles. The number of amides is 1. The Bertz CT molecular complexity index is 274. The quantitative estimate of drug-likeness (QED) is 0.834. The zero-order valence-corrected chi connectivity index (χ0v) is 11.5. The van der Waals surface area contributed by atoms with Crippen LogP contribution in [0.25, 0.3) is 0 Å². The molecule has 0 aliphatic carbocycles. The van der Waals surface area contributed by atoms with Crippen molar-refractivity contribution < 1.29 is 14.3 Å². The fourth-order valence-corrected chi connectivity index (χ4v) is 2.76. The molecule has 2 heterocycles. The molecule has 0 radical (unpaired) electrons. The predicted molar refractivity (Wildman–Crippen MR) is 69.3 cm³/mol. The molecule has 1 amide bonds. The number of carbonyl (C=O) groups is 1. The third-order valence-corrected chi connectivity index (χ3v) is 3.69. The maximum Gasteiger partial charge on any atom is 0.249 e. The van der Waals surface area contributed by atoms with E-state index in [2.05, 4.69) is 19.2 Å². The van der Waals surface area contributed by atoms with Gasteiger partial charge in [0.05, 0.1) is 12.1 Å². The lowest BCUT2D eigenvalue weighted by Gasteiger charge is -2.34. The second-order valence-corrected chi connectivity index (χ2v) is 5.80. The van der Waals surface area contributed by atoms with Crippen LogP contribution in [-0.4, -0.2) is 37.4 Å². The first-order valence-corrected chi connectivity index (χ1v) is 7.20. The molecule has 2 fully saturated rings. The lowest BCUT2D eigenvalue weighted by Crippen LogP contribution is -2.50. The first-order chi connectivity index (χ1) is 8.66. The van der Waals surface area contributed by atoms with Crippen LogP contribution in [0.4, 0.5) is 0 Å². The average Bonchev–Trinajstić information content (AvgIpc) is 2.84. The Morgan fingerprint density at radius 3 is 2.61 bits per heavy atom. The molecule has 0 saturated carbocycles. The summed E-state index contributed by atoms with van der Waals surface area (Å²) in [6, 6.07) is 0.165. The number of ether oxygens (including phenoxy) is 2. The largest absolute Gasteiger partial charge is 0.376 e. The van der Waals surface area contributed by atoms with Crippen LogP contribution in [-0.2, 0) is 14.3 Å². The molecular formula is C14H25NO3. The van der Waals surface area contributed by atoms with Crippen LogP contribution in [0.5, 0.6) is 0 Å². The van der Waals surface area contributed by atoms with Gasteiger partial charge in [-0.1, -0.05) is 13.8 Å². The van der Waals surface area contributed by atoms with Crippen molar-refractivity contribution in [2.75, 3.05) is 13.2 Å². The van der Waals surface area contributed by atoms with E-state index in [0.29, 0.717) is 12.5 Å². The van der Waals surface area contributed by atoms with E-state index in [1.165, 1.54) is 0 Å². The molecule has 0 bridgehead atoms. The highest BCUT2D eigenvalue weighted by molar-refractivity contribution is 5.81. The van der Waals surface area contributed by atoms with Crippen molar-refractivity contribution in [2.24, 2.45) is 5.92 Å². The molecule has 0 aromatic rings. The van der Waals surface area contributed by atoms with Gasteiger partial charge in [0.25, 0.3) is 0 Å². The predicted octanol–water partition coefficient (Wildman–Crippen LogP) is 1.88. The van der Waals surface area contributed by atoms with Gasteiger partial charge in [-0.25, -0.2) is 0 Å². The molecule has 2 aliphatic rings. The van der Waals surface area contributed by atoms with Crippen molar-refractivity contribution in [1.82, 2.24) is 5.32 Å². The summed E-state index contributed by atoms with van der Waals surface area (Å²) in [4.78, 5) is 12.1. The van der Waals surface area contributed by atoms with Crippen LogP contribution in [0, 0.1) is 5.92 Å². The lowest BCUT2D eigenvalue weighted by atomic mass is 9.94. The van der Waals surface area contributed by atoms with Gasteiger partial charge in [-0.3, -0.25) is 4.79 Å². The molecule has 0 spiro atoms. The second-order valence-electron chi connectivity index (χ2n) is 5.80. The Morgan fingerprint density at radius 1 is 1.22 bits per heavy atom. The molecular weight excluding hydrogens is 230 g/mol. The van der Waals surface area contributed by atoms with Gasteiger partial charge in [0, 0.05) is 13.2 Å². The van der Waals surface area contributed by atoms with E-state index in [0.717, 1.165) is 38.7 Å². The topological polar surface area (TPSA) is 47.6 Å². The monoisotopic (exact) mass is 255 g/mol. The van der Waals surface area contributed by atoms with Crippen LogP contribution >= 0.6 is 0 Å². The minimum atomic E-state index is -0.230. The lowest BCUT2D eigenvalue weighted by molar-refractivity contribution is -0.133. The number of rotatable bonds is 4. The van der Waals surface area contributed by atoms with Crippen molar-refractivity contribution in [1.29, 1.82) is 0 Å². The van der Waals surface area contributed by atoms with Crippen molar-refractivity contribution in [3.63, 3.8) is 0 Å². The smallest absolute Gasteiger partial charge is 0.249 e. The third-order valence-electron chi connectivity index (χ3n) is 3.69. The van der Waals surface area contributed by atoms with Crippen molar-refractivity contribution in [3.8, 4) is 0 Å². The normalized spacial score (nSPS) is 32.7. The molecule has 2 rings (SSSR count). The summed E-state index contributed by atoms with van der Waals surface area (Å²) in [5.74, 6) is 0.645. The fourth-order valence-electron chi connectivity index (χ4n) is 2.76. The van der Waals surface area contributed by atoms with Crippen molar-refractivity contribution >= 4 is 5.91 Å². The summed E-state index contributed by atoms with van der Waals surface area (Å²) >= 11 is 0. The number of carbonyl (C=O) groups excluding carboxylic acids is 1. The molecule has 18 heavy (non-hydrogen) atoms. The van der Waals surface area contributed by atoms with Crippen LogP contribution in [0.3, 0.4) is 0 Å². The average molecular weight is 255 g/mol. The Labute approximate surface area is 109 Å². The molecule has 1 N–H and O–H groups in total. The molecule has 4 nitrogen and oxygen atoms in total. The number of hydrogen-bond acceptors (Lipinski definition) is 3. The third kappa shape index (κ3) is 3.69. The maximum absolute atomic E-state index is 12.1. The second kappa shape index (κ2) is 6.53. The van der Waals surface area contributed by atoms with Gasteiger partial charge < -0.3 is 14.8 Å². The Balaban J connectivity index is 1.86. The van der Waals surface area contributed by atoms with E-state index in [-0.39, 0.29) is 24.2 Å². The van der Waals surface area contributed by atoms with Crippen LogP contribution < -0.4 is 5.32 Å². The fraction of sp³-hybridized carbons (Fsp3) is 0.929. The van der Waals surface area contributed by atoms with E-state index >= 15 is 0 Å². The highest BCUT2D eigenvalue weighted by Gasteiger charge is 2.31. The zero-order valence-electron chi connectivity index (χ0n) is 11.5. The number of hydrogen-bond donors (Lipinski definition) is 1. The summed E-state index contributed by atoms with van der Waals surface area (Å²) in [7, 11) is 0. The first kappa shape index (κ1) is 13.8. The van der Waals surface area contributed by atoms with Gasteiger partial charge in [0.2, 0.25) is 5.91 Å². The Morgan fingerprint density at radius 2 is 1.94 bits per heavy atom. The van der Waals surface area contributed by atoms with Gasteiger partial charge in [-0.05, 0) is 38.0 Å². The summed E-state index contributed by atoms with van der Waals surface area (Å²) in [5.41, 5.74) is 0. The summed E-state index contributed by atoms with van der Waals surface area (Å²) in [5, 5.41) is 3.13. The summed E-state index contributed by atoms with van der Waals surface area (Å²) < 4.78 is 11.2. The molecule has 2 aliphatic heterocycles. The van der Waals surface area contributed by atoms with Gasteiger partial charge >= 0.3 is 0 Å². The van der Waals surface area contributed by atoms with Crippen molar-refractivity contribution in [2.45, 2.75) is 64.2 Å². The summed E-state index contributed by atoms with van der Waals surface area (Å²) in [6.07, 6.45) is 4.86. The van der Waals surface area contributed by atoms with Gasteiger partial charge in [0.15, 0.2) is 0 Å². The Kier molecular flexibility index (Phi) is 5.01. The van der Waals surface area contributed by atoms with E-state index in [9.17, 15) is 4.79 Å². The zero-order chi connectivity index (χ0) is 13.0. The molecule has 104 valence electrons. The molecule has 3 atom stereocenters. The number of nitrogens with one attached hydrogen (secondary N) is 1. The minimum absolute atomic E-state index is 0.0526. The molecule has 0 unspecified atom stereocenters. The highest BCUT2D eigenvalue weighted by atomic mass is 16.5. The molecule has 0 aromatic heterocycles. The van der Waals surface area contributed by atoms with E-state index < -0.39 is 0 Å². The van der Waals surface area contributed by atoms with Crippen LogP contribution in [0.2, 0.25) is 0 Å². The van der Waals surface area contributed by atoms with E-state index in [1.807, 2.05) is 0 Å². The van der Waals surface area contributed by atoms with Crippen LogP contribution in [0.1, 0.15) is 46.0 Å². The summed E-state index contributed by atoms with van der Waals surface area (Å²) in [6.45, 7) is 5.92. The Hall–Kier alpha value is -0.610. The van der Waals surface area contributed by atoms with E-state index in [1.54, 1.807) is 0 Å². The van der Waals surface area contributed by atoms with Crippen molar-refractivity contribution in [3.05, 3.63) is 0 Å². The maximum atomic E-state index is 12.1. The van der Waals surface area contributed by atoms with E-state index in [4.69, 9.17) is 9.47 Å². The highest BCUT2D eigenvalue weighted by Crippen LogP contribution is 2.21. The van der Waals surface area contributed by atoms with Crippen LogP contribution in [0.15, 0.2) is 0 Å². The SMILES string of the molecule is CC(C)C[C@@H]1OCCC[C@H]1NC(=O)[C@H]1CCCO1. The molecule has 4 heteroatoms. The standard InChI is InChI=1S/C14H25NO3/c1-10(2)9-13-11(5-3-7-18-13)15-14(16)12-6-4-8-17-12/h10-13H,3-9H2,1-2H3,(H,15,16)/t11-,12-,13+/m1/s1. The molecule has 0 aromatic carbocycles. The minimum Gasteiger partial charge on any atom is -0.376 e. The van der Waals surface area contributed by atoms with Gasteiger partial charge in [-0.15, -0.1) is 0 Å². The first-order valence-electron chi connectivity index (χ1n) is 7.20.